The third-order valence-electron chi connectivity index (χ3n) is 20.2. The SMILES string of the molecule is [2H]c1c(C)c2c(c3c4c5ccc(C(C)(C)C)cc5cc5c6c7c8cc9cc(C(C)(C)C)ccc9c9c%10c%11c(c(C)c([2H])c%10n(c7ccc6n(c13)c54)c89)C1c3ccccc3C%11c3ccccc31)C1c3ccccc3C2c2ccccc21. The number of benzene rings is 11. The summed E-state index contributed by atoms with van der Waals surface area (Å²) in [5, 5.41) is 14.9. The number of fused-ring (bicyclic) bond motifs is 17. The fourth-order valence-electron chi connectivity index (χ4n) is 17.1. The van der Waals surface area contributed by atoms with Gasteiger partial charge < -0.3 is 8.80 Å². The van der Waals surface area contributed by atoms with E-state index in [1.807, 2.05) is 0 Å². The Morgan fingerprint density at radius 3 is 0.974 bits per heavy atom. The maximum absolute atomic E-state index is 10.6. The van der Waals surface area contributed by atoms with Gasteiger partial charge in [-0.15, -0.1) is 0 Å². The summed E-state index contributed by atoms with van der Waals surface area (Å²) in [6.07, 6.45) is 0. The molecule has 2 heteroatoms. The summed E-state index contributed by atoms with van der Waals surface area (Å²) in [6, 6.07) is 62.1. The van der Waals surface area contributed by atoms with Gasteiger partial charge in [0.05, 0.1) is 35.8 Å². The Labute approximate surface area is 455 Å². The Bertz CT molecular complexity index is 5020. The van der Waals surface area contributed by atoms with E-state index in [2.05, 4.69) is 222 Å². The van der Waals surface area contributed by atoms with E-state index in [9.17, 15) is 2.74 Å². The van der Waals surface area contributed by atoms with E-state index in [-0.39, 0.29) is 34.5 Å². The summed E-state index contributed by atoms with van der Waals surface area (Å²) in [5.41, 5.74) is 27.9. The van der Waals surface area contributed by atoms with Gasteiger partial charge in [0.1, 0.15) is 0 Å². The average Bonchev–Trinajstić information content (AvgIpc) is 3.59. The molecular formula is C76H56N2. The van der Waals surface area contributed by atoms with E-state index in [0.29, 0.717) is 12.1 Å². The van der Waals surface area contributed by atoms with Crippen LogP contribution in [0.3, 0.4) is 0 Å². The summed E-state index contributed by atoms with van der Waals surface area (Å²) in [7, 11) is 0. The van der Waals surface area contributed by atoms with E-state index in [1.54, 1.807) is 0 Å². The zero-order valence-electron chi connectivity index (χ0n) is 47.2. The van der Waals surface area contributed by atoms with Crippen LogP contribution >= 0.6 is 0 Å². The van der Waals surface area contributed by atoms with E-state index in [0.717, 1.165) is 33.2 Å². The monoisotopic (exact) mass is 998 g/mol. The lowest BCUT2D eigenvalue weighted by atomic mass is 9.59. The predicted molar refractivity (Wildman–Crippen MR) is 327 cm³/mol. The Morgan fingerprint density at radius 2 is 0.654 bits per heavy atom. The van der Waals surface area contributed by atoms with Crippen molar-refractivity contribution in [3.05, 3.63) is 259 Å². The van der Waals surface area contributed by atoms with E-state index >= 15 is 0 Å². The van der Waals surface area contributed by atoms with E-state index in [4.69, 9.17) is 0 Å². The normalized spacial score (nSPS) is 18.6. The average molecular weight is 999 g/mol. The zero-order valence-corrected chi connectivity index (χ0v) is 45.2. The Balaban J connectivity index is 1.03. The second kappa shape index (κ2) is 13.6. The molecule has 0 saturated carbocycles. The first-order chi connectivity index (χ1) is 38.7. The van der Waals surface area contributed by atoms with Gasteiger partial charge in [0, 0.05) is 66.8 Å². The number of aromatic nitrogens is 2. The van der Waals surface area contributed by atoms with Gasteiger partial charge in [0.2, 0.25) is 0 Å². The minimum atomic E-state index is -0.0595. The van der Waals surface area contributed by atoms with Crippen LogP contribution in [0.4, 0.5) is 0 Å². The Hall–Kier alpha value is -8.46. The summed E-state index contributed by atoms with van der Waals surface area (Å²) in [5.74, 6) is 0.208. The molecule has 21 rings (SSSR count). The summed E-state index contributed by atoms with van der Waals surface area (Å²) < 4.78 is 26.3. The maximum Gasteiger partial charge on any atom is 0.0648 e. The highest BCUT2D eigenvalue weighted by molar-refractivity contribution is 6.41. The van der Waals surface area contributed by atoms with Crippen LogP contribution in [0, 0.1) is 13.8 Å². The van der Waals surface area contributed by atoms with Crippen molar-refractivity contribution in [3.8, 4) is 0 Å². The molecule has 78 heavy (non-hydrogen) atoms. The Kier molecular flexibility index (Phi) is 7.11. The van der Waals surface area contributed by atoms with Gasteiger partial charge in [-0.05, 0) is 172 Å². The highest BCUT2D eigenvalue weighted by atomic mass is 14.9. The summed E-state index contributed by atoms with van der Waals surface area (Å²) in [4.78, 5) is 0. The van der Waals surface area contributed by atoms with Crippen molar-refractivity contribution >= 4 is 97.7 Å². The largest absolute Gasteiger partial charge is 0.308 e. The molecule has 0 unspecified atom stereocenters. The van der Waals surface area contributed by atoms with Crippen molar-refractivity contribution in [1.82, 2.24) is 8.80 Å². The van der Waals surface area contributed by atoms with Gasteiger partial charge in [-0.3, -0.25) is 0 Å². The molecule has 6 aliphatic carbocycles. The van der Waals surface area contributed by atoms with Gasteiger partial charge >= 0.3 is 0 Å². The lowest BCUT2D eigenvalue weighted by molar-refractivity contribution is 0.591. The van der Waals surface area contributed by atoms with Crippen molar-refractivity contribution in [3.63, 3.8) is 0 Å². The summed E-state index contributed by atoms with van der Waals surface area (Å²) in [6.45, 7) is 18.4. The highest BCUT2D eigenvalue weighted by Crippen LogP contribution is 2.63. The van der Waals surface area contributed by atoms with E-state index < -0.39 is 0 Å². The minimum absolute atomic E-state index is 0.0446. The molecule has 6 aliphatic rings. The van der Waals surface area contributed by atoms with Gasteiger partial charge in [0.25, 0.3) is 0 Å². The van der Waals surface area contributed by atoms with Crippen LogP contribution in [0.15, 0.2) is 170 Å². The van der Waals surface area contributed by atoms with Crippen LogP contribution in [-0.2, 0) is 10.8 Å². The first-order valence-corrected chi connectivity index (χ1v) is 28.4. The van der Waals surface area contributed by atoms with Crippen LogP contribution in [0.2, 0.25) is 0 Å². The fourth-order valence-corrected chi connectivity index (χ4v) is 17.1. The summed E-state index contributed by atoms with van der Waals surface area (Å²) >= 11 is 0. The molecular weight excluding hydrogens is 941 g/mol. The molecule has 11 aromatic carbocycles. The number of rotatable bonds is 0. The molecule has 4 heterocycles. The van der Waals surface area contributed by atoms with Crippen molar-refractivity contribution in [2.75, 3.05) is 0 Å². The predicted octanol–water partition coefficient (Wildman–Crippen LogP) is 19.5. The molecule has 4 aromatic heterocycles. The molecule has 0 aliphatic heterocycles. The molecule has 370 valence electrons. The van der Waals surface area contributed by atoms with Crippen LogP contribution < -0.4 is 0 Å². The molecule has 0 radical (unpaired) electrons. The number of hydrogen-bond donors (Lipinski definition) is 0. The molecule has 0 saturated heterocycles. The first-order valence-electron chi connectivity index (χ1n) is 29.4. The first kappa shape index (κ1) is 40.7. The molecule has 15 aromatic rings. The number of nitrogens with zero attached hydrogens (tertiary/aromatic N) is 2. The fraction of sp³-hybridized carbons (Fsp3) is 0.184. The van der Waals surface area contributed by atoms with Crippen LogP contribution in [-0.4, -0.2) is 8.80 Å². The van der Waals surface area contributed by atoms with Gasteiger partial charge in [-0.2, -0.15) is 0 Å². The molecule has 0 spiro atoms. The lowest BCUT2D eigenvalue weighted by Crippen LogP contribution is -2.28. The lowest BCUT2D eigenvalue weighted by Gasteiger charge is -2.43. The second-order valence-corrected chi connectivity index (χ2v) is 26.0. The molecule has 0 N–H and O–H groups in total. The molecule has 0 amide bonds. The third kappa shape index (κ3) is 4.76. The topological polar surface area (TPSA) is 8.82 Å². The molecule has 4 bridgehead atoms. The van der Waals surface area contributed by atoms with Crippen molar-refractivity contribution < 1.29 is 2.74 Å². The minimum Gasteiger partial charge on any atom is -0.308 e. The van der Waals surface area contributed by atoms with Crippen LogP contribution in [0.5, 0.6) is 0 Å². The maximum atomic E-state index is 10.6. The van der Waals surface area contributed by atoms with Crippen LogP contribution in [0.1, 0.15) is 157 Å². The van der Waals surface area contributed by atoms with Crippen molar-refractivity contribution in [2.45, 2.75) is 89.9 Å². The highest BCUT2D eigenvalue weighted by Gasteiger charge is 2.46. The van der Waals surface area contributed by atoms with Crippen molar-refractivity contribution in [2.24, 2.45) is 0 Å². The smallest absolute Gasteiger partial charge is 0.0648 e. The molecule has 0 atom stereocenters. The Morgan fingerprint density at radius 1 is 0.333 bits per heavy atom. The van der Waals surface area contributed by atoms with E-state index in [1.165, 1.54) is 154 Å². The standard InChI is InChI=1S/C76H56N2/c1-37-31-57-69(71-59(37)61-45-17-9-13-21-49(45)63(71)50-22-14-10-18-46(50)61)67-43-27-25-41(75(3,4)5)33-39(43)35-53-65-55(77(57)73(53)67)29-30-56-66(65)54-36-40-34-42(76(6,7)8)26-28-44(40)68-70-58(78(56)74(54)68)32-38(2)60-62-47-19-11-15-23-51(47)64(72(60)70)52-24-16-12-20-48(52)62/h9-36,61-64H,1-8H3/i31D,32D. The zero-order chi connectivity index (χ0) is 53.6. The van der Waals surface area contributed by atoms with Gasteiger partial charge in [-0.25, -0.2) is 0 Å². The van der Waals surface area contributed by atoms with Gasteiger partial charge in [-0.1, -0.05) is 175 Å². The van der Waals surface area contributed by atoms with Crippen LogP contribution in [0.25, 0.3) is 97.7 Å². The molecule has 2 nitrogen and oxygen atoms in total. The molecule has 0 fully saturated rings. The number of hydrogen-bond acceptors (Lipinski definition) is 0. The third-order valence-corrected chi connectivity index (χ3v) is 20.2. The van der Waals surface area contributed by atoms with Crippen molar-refractivity contribution in [1.29, 1.82) is 0 Å². The second-order valence-electron chi connectivity index (χ2n) is 26.0. The quantitative estimate of drug-likeness (QED) is 0.143. The van der Waals surface area contributed by atoms with Gasteiger partial charge in [0.15, 0.2) is 0 Å².